The van der Waals surface area contributed by atoms with Gasteiger partial charge in [-0.2, -0.15) is 5.10 Å². The molecule has 1 N–H and O–H groups in total. The number of nitrogens with zero attached hydrogens (tertiary/aromatic N) is 5. The Morgan fingerprint density at radius 1 is 1.07 bits per heavy atom. The summed E-state index contributed by atoms with van der Waals surface area (Å²) in [6.07, 6.45) is 0.942. The third kappa shape index (κ3) is 4.31. The van der Waals surface area contributed by atoms with Crippen molar-refractivity contribution in [2.75, 3.05) is 44.2 Å². The fourth-order valence-electron chi connectivity index (χ4n) is 4.13. The molecule has 30 heavy (non-hydrogen) atoms. The van der Waals surface area contributed by atoms with Crippen LogP contribution in [0.2, 0.25) is 0 Å². The number of hydrogen-bond acceptors (Lipinski definition) is 5. The molecule has 158 valence electrons. The molecule has 1 aliphatic rings. The quantitative estimate of drug-likeness (QED) is 0.637. The number of rotatable bonds is 6. The summed E-state index contributed by atoms with van der Waals surface area (Å²) >= 11 is 0. The lowest BCUT2D eigenvalue weighted by molar-refractivity contribution is 0.0950. The van der Waals surface area contributed by atoms with E-state index in [1.807, 2.05) is 27.0 Å². The van der Waals surface area contributed by atoms with Crippen molar-refractivity contribution in [1.82, 2.24) is 25.0 Å². The van der Waals surface area contributed by atoms with Gasteiger partial charge in [0.15, 0.2) is 5.65 Å². The molecular weight excluding hydrogens is 376 g/mol. The zero-order valence-electron chi connectivity index (χ0n) is 18.1. The zero-order valence-corrected chi connectivity index (χ0v) is 18.1. The molecule has 7 nitrogen and oxygen atoms in total. The molecule has 2 aromatic heterocycles. The highest BCUT2D eigenvalue weighted by Crippen LogP contribution is 2.19. The van der Waals surface area contributed by atoms with E-state index in [1.54, 1.807) is 4.68 Å². The van der Waals surface area contributed by atoms with Crippen LogP contribution in [0.3, 0.4) is 0 Å². The third-order valence-corrected chi connectivity index (χ3v) is 5.86. The van der Waals surface area contributed by atoms with Crippen LogP contribution in [-0.2, 0) is 7.05 Å². The average molecular weight is 407 g/mol. The summed E-state index contributed by atoms with van der Waals surface area (Å²) in [7, 11) is 1.88. The number of pyridine rings is 1. The average Bonchev–Trinajstić information content (AvgIpc) is 3.04. The molecule has 7 heteroatoms. The first-order valence-corrected chi connectivity index (χ1v) is 10.6. The van der Waals surface area contributed by atoms with Crippen LogP contribution in [0.5, 0.6) is 0 Å². The number of aryl methyl sites for hydroxylation is 3. The molecular formula is C23H30N6O. The van der Waals surface area contributed by atoms with Gasteiger partial charge in [-0.1, -0.05) is 18.2 Å². The fraction of sp³-hybridized carbons (Fsp3) is 0.435. The van der Waals surface area contributed by atoms with E-state index in [2.05, 4.69) is 55.5 Å². The second kappa shape index (κ2) is 8.83. The lowest BCUT2D eigenvalue weighted by Crippen LogP contribution is -2.47. The third-order valence-electron chi connectivity index (χ3n) is 5.86. The molecule has 0 spiro atoms. The molecule has 0 atom stereocenters. The van der Waals surface area contributed by atoms with Gasteiger partial charge in [0.1, 0.15) is 0 Å². The number of benzene rings is 1. The van der Waals surface area contributed by atoms with Gasteiger partial charge in [0, 0.05) is 50.8 Å². The standard InChI is InChI=1S/C23H30N6O/c1-17-21(16-20-18(2)26-27(3)22(20)25-17)23(30)24-10-7-11-28-12-14-29(15-13-28)19-8-5-4-6-9-19/h4-6,8-9,16H,7,10-15H2,1-3H3,(H,24,30). The summed E-state index contributed by atoms with van der Waals surface area (Å²) in [5, 5.41) is 8.39. The lowest BCUT2D eigenvalue weighted by Gasteiger charge is -2.36. The monoisotopic (exact) mass is 406 g/mol. The smallest absolute Gasteiger partial charge is 0.253 e. The Balaban J connectivity index is 1.24. The van der Waals surface area contributed by atoms with Gasteiger partial charge in [-0.25, -0.2) is 4.98 Å². The molecule has 4 rings (SSSR count). The molecule has 1 fully saturated rings. The van der Waals surface area contributed by atoms with Crippen LogP contribution in [0.1, 0.15) is 28.2 Å². The number of carbonyl (C=O) groups excluding carboxylic acids is 1. The molecule has 0 unspecified atom stereocenters. The number of amides is 1. The first-order chi connectivity index (χ1) is 14.5. The van der Waals surface area contributed by atoms with Gasteiger partial charge in [-0.3, -0.25) is 14.4 Å². The van der Waals surface area contributed by atoms with Gasteiger partial charge < -0.3 is 10.2 Å². The normalized spacial score (nSPS) is 15.0. The number of para-hydroxylation sites is 1. The van der Waals surface area contributed by atoms with Crippen LogP contribution in [-0.4, -0.2) is 64.8 Å². The highest BCUT2D eigenvalue weighted by Gasteiger charge is 2.18. The van der Waals surface area contributed by atoms with E-state index in [-0.39, 0.29) is 5.91 Å². The predicted molar refractivity (Wildman–Crippen MR) is 120 cm³/mol. The Morgan fingerprint density at radius 3 is 2.53 bits per heavy atom. The van der Waals surface area contributed by atoms with Crippen molar-refractivity contribution in [2.24, 2.45) is 7.05 Å². The summed E-state index contributed by atoms with van der Waals surface area (Å²) in [5.74, 6) is -0.0564. The van der Waals surface area contributed by atoms with E-state index in [4.69, 9.17) is 0 Å². The van der Waals surface area contributed by atoms with Crippen molar-refractivity contribution in [3.05, 3.63) is 53.3 Å². The van der Waals surface area contributed by atoms with Gasteiger partial charge in [0.05, 0.1) is 17.0 Å². The molecule has 0 saturated carbocycles. The number of piperazine rings is 1. The van der Waals surface area contributed by atoms with Gasteiger partial charge in [0.2, 0.25) is 0 Å². The van der Waals surface area contributed by atoms with E-state index in [0.29, 0.717) is 12.1 Å². The van der Waals surface area contributed by atoms with Crippen LogP contribution in [0.25, 0.3) is 11.0 Å². The minimum atomic E-state index is -0.0564. The second-order valence-electron chi connectivity index (χ2n) is 7.98. The summed E-state index contributed by atoms with van der Waals surface area (Å²) < 4.78 is 1.76. The maximum Gasteiger partial charge on any atom is 0.253 e. The minimum absolute atomic E-state index is 0.0564. The highest BCUT2D eigenvalue weighted by molar-refractivity contribution is 5.98. The van der Waals surface area contributed by atoms with Crippen LogP contribution in [0, 0.1) is 13.8 Å². The lowest BCUT2D eigenvalue weighted by atomic mass is 10.1. The molecule has 1 aliphatic heterocycles. The Hall–Kier alpha value is -2.93. The van der Waals surface area contributed by atoms with Crippen LogP contribution >= 0.6 is 0 Å². The van der Waals surface area contributed by atoms with Crippen molar-refractivity contribution in [1.29, 1.82) is 0 Å². The van der Waals surface area contributed by atoms with Gasteiger partial charge >= 0.3 is 0 Å². The van der Waals surface area contributed by atoms with Crippen molar-refractivity contribution in [2.45, 2.75) is 20.3 Å². The molecule has 1 saturated heterocycles. The number of carbonyl (C=O) groups is 1. The van der Waals surface area contributed by atoms with Gasteiger partial charge in [-0.05, 0) is 45.0 Å². The number of aromatic nitrogens is 3. The molecule has 0 aliphatic carbocycles. The Morgan fingerprint density at radius 2 is 1.80 bits per heavy atom. The molecule has 3 heterocycles. The van der Waals surface area contributed by atoms with Crippen molar-refractivity contribution in [3.63, 3.8) is 0 Å². The predicted octanol–water partition coefficient (Wildman–Crippen LogP) is 2.53. The SMILES string of the molecule is Cc1nc2c(cc1C(=O)NCCCN1CCN(c3ccccc3)CC1)c(C)nn2C. The van der Waals surface area contributed by atoms with E-state index in [1.165, 1.54) is 5.69 Å². The maximum atomic E-state index is 12.7. The molecule has 1 amide bonds. The van der Waals surface area contributed by atoms with E-state index >= 15 is 0 Å². The fourth-order valence-corrected chi connectivity index (χ4v) is 4.13. The molecule has 3 aromatic rings. The van der Waals surface area contributed by atoms with Crippen molar-refractivity contribution < 1.29 is 4.79 Å². The molecule has 1 aromatic carbocycles. The maximum absolute atomic E-state index is 12.7. The topological polar surface area (TPSA) is 66.3 Å². The van der Waals surface area contributed by atoms with E-state index in [0.717, 1.165) is 61.6 Å². The Bertz CT molecular complexity index is 1020. The van der Waals surface area contributed by atoms with Crippen molar-refractivity contribution >= 4 is 22.6 Å². The first kappa shape index (κ1) is 20.3. The summed E-state index contributed by atoms with van der Waals surface area (Å²) in [6.45, 7) is 9.70. The number of fused-ring (bicyclic) bond motifs is 1. The Kier molecular flexibility index (Phi) is 5.99. The molecule has 0 radical (unpaired) electrons. The number of nitrogens with one attached hydrogen (secondary N) is 1. The van der Waals surface area contributed by atoms with Crippen LogP contribution in [0.15, 0.2) is 36.4 Å². The zero-order chi connectivity index (χ0) is 21.1. The largest absolute Gasteiger partial charge is 0.369 e. The first-order valence-electron chi connectivity index (χ1n) is 10.6. The van der Waals surface area contributed by atoms with Crippen LogP contribution < -0.4 is 10.2 Å². The Labute approximate surface area is 177 Å². The molecule has 0 bridgehead atoms. The van der Waals surface area contributed by atoms with Crippen molar-refractivity contribution in [3.8, 4) is 0 Å². The summed E-state index contributed by atoms with van der Waals surface area (Å²) in [5.41, 5.74) is 4.38. The van der Waals surface area contributed by atoms with Gasteiger partial charge in [-0.15, -0.1) is 0 Å². The number of hydrogen-bond donors (Lipinski definition) is 1. The number of anilines is 1. The summed E-state index contributed by atoms with van der Waals surface area (Å²) in [4.78, 5) is 22.2. The second-order valence-corrected chi connectivity index (χ2v) is 7.98. The van der Waals surface area contributed by atoms with Gasteiger partial charge in [0.25, 0.3) is 5.91 Å². The minimum Gasteiger partial charge on any atom is -0.369 e. The van der Waals surface area contributed by atoms with Crippen LogP contribution in [0.4, 0.5) is 5.69 Å². The van der Waals surface area contributed by atoms with E-state index < -0.39 is 0 Å². The highest BCUT2D eigenvalue weighted by atomic mass is 16.1. The van der Waals surface area contributed by atoms with E-state index in [9.17, 15) is 4.79 Å². The summed E-state index contributed by atoms with van der Waals surface area (Å²) in [6, 6.07) is 12.5.